The molecule has 1 N–H and O–H groups in total. The van der Waals surface area contributed by atoms with Crippen molar-refractivity contribution in [1.82, 2.24) is 4.90 Å². The van der Waals surface area contributed by atoms with Crippen LogP contribution in [0.25, 0.3) is 0 Å². The highest BCUT2D eigenvalue weighted by Gasteiger charge is 2.51. The van der Waals surface area contributed by atoms with Crippen molar-refractivity contribution in [3.05, 3.63) is 89.7 Å². The number of aromatic nitrogens is 1. The number of H-pyrrole nitrogens is 1. The van der Waals surface area contributed by atoms with Gasteiger partial charge in [0.1, 0.15) is 17.4 Å². The first-order chi connectivity index (χ1) is 15.5. The number of carbonyl (C=O) groups excluding carboxylic acids is 3. The molecule has 4 rings (SSSR count). The molecule has 1 fully saturated rings. The highest BCUT2D eigenvalue weighted by atomic mass is 16.5. The summed E-state index contributed by atoms with van der Waals surface area (Å²) in [6.45, 7) is 0.211. The fraction of sp³-hybridized carbons (Fsp3) is 0.200. The van der Waals surface area contributed by atoms with E-state index in [9.17, 15) is 14.4 Å². The van der Waals surface area contributed by atoms with Crippen LogP contribution in [0.2, 0.25) is 0 Å². The van der Waals surface area contributed by atoms with E-state index < -0.39 is 29.4 Å². The summed E-state index contributed by atoms with van der Waals surface area (Å²) in [6, 6.07) is 16.6. The van der Waals surface area contributed by atoms with Crippen molar-refractivity contribution in [2.24, 2.45) is 5.92 Å². The summed E-state index contributed by atoms with van der Waals surface area (Å²) in [6.07, 6.45) is 3.50. The van der Waals surface area contributed by atoms with E-state index in [1.807, 2.05) is 12.1 Å². The Hall–Kier alpha value is -4.00. The van der Waals surface area contributed by atoms with E-state index in [0.717, 1.165) is 5.56 Å². The number of hydrogen-bond donors (Lipinski definition) is 0. The number of aromatic amines is 1. The molecule has 32 heavy (non-hydrogen) atoms. The Morgan fingerprint density at radius 2 is 1.44 bits per heavy atom. The maximum absolute atomic E-state index is 13.4. The minimum absolute atomic E-state index is 0.211. The minimum Gasteiger partial charge on any atom is -0.497 e. The highest BCUT2D eigenvalue weighted by Crippen LogP contribution is 2.39. The Balaban J connectivity index is 1.75. The number of ketones is 2. The minimum atomic E-state index is -1.14. The normalized spacial score (nSPS) is 18.0. The van der Waals surface area contributed by atoms with Gasteiger partial charge in [-0.3, -0.25) is 14.4 Å². The van der Waals surface area contributed by atoms with Crippen LogP contribution < -0.4 is 14.5 Å². The molecular formula is C25H23N2O5+. The second kappa shape index (κ2) is 9.01. The summed E-state index contributed by atoms with van der Waals surface area (Å²) >= 11 is 0. The van der Waals surface area contributed by atoms with Crippen LogP contribution in [0.4, 0.5) is 0 Å². The number of hydrogen-bond acceptors (Lipinski definition) is 5. The highest BCUT2D eigenvalue weighted by molar-refractivity contribution is 6.44. The van der Waals surface area contributed by atoms with Gasteiger partial charge >= 0.3 is 0 Å². The van der Waals surface area contributed by atoms with Gasteiger partial charge in [-0.05, 0) is 47.5 Å². The quantitative estimate of drug-likeness (QED) is 0.326. The molecule has 2 aromatic carbocycles. The van der Waals surface area contributed by atoms with Gasteiger partial charge in [-0.2, -0.15) is 0 Å². The van der Waals surface area contributed by atoms with Crippen LogP contribution in [0.15, 0.2) is 73.1 Å². The third kappa shape index (κ3) is 3.97. The zero-order valence-corrected chi connectivity index (χ0v) is 17.8. The van der Waals surface area contributed by atoms with Crippen molar-refractivity contribution in [2.75, 3.05) is 14.2 Å². The van der Waals surface area contributed by atoms with Crippen LogP contribution in [0, 0.1) is 5.92 Å². The van der Waals surface area contributed by atoms with Crippen molar-refractivity contribution >= 4 is 17.5 Å². The number of carbonyl (C=O) groups is 3. The van der Waals surface area contributed by atoms with Crippen molar-refractivity contribution in [3.63, 3.8) is 0 Å². The topological polar surface area (TPSA) is 87.1 Å². The largest absolute Gasteiger partial charge is 0.497 e. The molecule has 7 heteroatoms. The lowest BCUT2D eigenvalue weighted by Crippen LogP contribution is -2.30. The third-order valence-electron chi connectivity index (χ3n) is 5.66. The lowest BCUT2D eigenvalue weighted by Gasteiger charge is -2.27. The van der Waals surface area contributed by atoms with Gasteiger partial charge in [0, 0.05) is 24.2 Å². The summed E-state index contributed by atoms with van der Waals surface area (Å²) in [4.78, 5) is 44.0. The number of benzene rings is 2. The number of amides is 1. The van der Waals surface area contributed by atoms with Crippen LogP contribution in [-0.4, -0.2) is 36.6 Å². The first-order valence-electron chi connectivity index (χ1n) is 10.2. The van der Waals surface area contributed by atoms with E-state index in [0.29, 0.717) is 22.6 Å². The molecule has 1 aliphatic rings. The van der Waals surface area contributed by atoms with Gasteiger partial charge < -0.3 is 14.4 Å². The maximum Gasteiger partial charge on any atom is 0.291 e. The number of pyridine rings is 1. The number of Topliss-reactive ketones (excluding diaryl/α,β-unsaturated/α-hetero) is 2. The van der Waals surface area contributed by atoms with Gasteiger partial charge in [0.15, 0.2) is 18.2 Å². The number of likely N-dealkylation sites (tertiary alicyclic amines) is 1. The molecule has 1 aliphatic heterocycles. The van der Waals surface area contributed by atoms with E-state index >= 15 is 0 Å². The smallest absolute Gasteiger partial charge is 0.291 e. The predicted octanol–water partition coefficient (Wildman–Crippen LogP) is 2.67. The molecule has 7 nitrogen and oxygen atoms in total. The molecular weight excluding hydrogens is 408 g/mol. The van der Waals surface area contributed by atoms with Crippen molar-refractivity contribution < 1.29 is 28.8 Å². The summed E-state index contributed by atoms with van der Waals surface area (Å²) < 4.78 is 10.4. The molecule has 0 bridgehead atoms. The summed E-state index contributed by atoms with van der Waals surface area (Å²) in [5.74, 6) is -1.65. The standard InChI is InChI=1S/C25H22N2O5/c1-31-19-7-3-17(4-8-19)22-21(23(28)18-5-9-20(32-2)10-6-18)24(29)25(30)27(22)15-16-11-13-26-14-12-16/h3-14,21-22H,15H2,1-2H3/p+1. The lowest BCUT2D eigenvalue weighted by molar-refractivity contribution is -0.378. The predicted molar refractivity (Wildman–Crippen MR) is 115 cm³/mol. The van der Waals surface area contributed by atoms with Crippen molar-refractivity contribution in [1.29, 1.82) is 0 Å². The average molecular weight is 431 g/mol. The fourth-order valence-electron chi connectivity index (χ4n) is 3.99. The Morgan fingerprint density at radius 3 is 2.00 bits per heavy atom. The Morgan fingerprint density at radius 1 is 0.875 bits per heavy atom. The van der Waals surface area contributed by atoms with Crippen LogP contribution in [0.5, 0.6) is 11.5 Å². The lowest BCUT2D eigenvalue weighted by atomic mass is 9.86. The summed E-state index contributed by atoms with van der Waals surface area (Å²) in [7, 11) is 3.10. The molecule has 162 valence electrons. The summed E-state index contributed by atoms with van der Waals surface area (Å²) in [5.41, 5.74) is 1.90. The second-order valence-electron chi connectivity index (χ2n) is 7.49. The summed E-state index contributed by atoms with van der Waals surface area (Å²) in [5, 5.41) is 0. The molecule has 1 aromatic heterocycles. The average Bonchev–Trinajstić information content (AvgIpc) is 3.09. The zero-order valence-electron chi connectivity index (χ0n) is 17.8. The number of nitrogens with zero attached hydrogens (tertiary/aromatic N) is 1. The van der Waals surface area contributed by atoms with E-state index in [-0.39, 0.29) is 6.54 Å². The Labute approximate surface area is 185 Å². The van der Waals surface area contributed by atoms with Gasteiger partial charge in [0.2, 0.25) is 5.78 Å². The molecule has 2 unspecified atom stereocenters. The zero-order chi connectivity index (χ0) is 22.7. The molecule has 0 radical (unpaired) electrons. The first-order valence-corrected chi connectivity index (χ1v) is 10.2. The number of rotatable bonds is 7. The van der Waals surface area contributed by atoms with E-state index in [1.165, 1.54) is 12.0 Å². The SMILES string of the molecule is COc1ccc(C(=O)C2C(=O)C(=O)N(Cc3cc[nH+]cc3)C2c2ccc(OC)cc2)cc1. The van der Waals surface area contributed by atoms with Crippen LogP contribution in [0.1, 0.15) is 27.5 Å². The van der Waals surface area contributed by atoms with Gasteiger partial charge in [0.25, 0.3) is 5.91 Å². The van der Waals surface area contributed by atoms with Crippen LogP contribution in [-0.2, 0) is 16.1 Å². The van der Waals surface area contributed by atoms with Crippen molar-refractivity contribution in [2.45, 2.75) is 12.6 Å². The number of nitrogens with one attached hydrogen (secondary N) is 1. The van der Waals surface area contributed by atoms with Crippen LogP contribution >= 0.6 is 0 Å². The third-order valence-corrected chi connectivity index (χ3v) is 5.66. The van der Waals surface area contributed by atoms with Crippen molar-refractivity contribution in [3.8, 4) is 11.5 Å². The molecule has 3 aromatic rings. The number of methoxy groups -OCH3 is 2. The van der Waals surface area contributed by atoms with Gasteiger partial charge in [-0.15, -0.1) is 0 Å². The van der Waals surface area contributed by atoms with E-state index in [4.69, 9.17) is 9.47 Å². The van der Waals surface area contributed by atoms with Gasteiger partial charge in [0.05, 0.1) is 20.3 Å². The first kappa shape index (κ1) is 21.2. The molecule has 1 amide bonds. The molecule has 2 atom stereocenters. The Kier molecular flexibility index (Phi) is 5.98. The van der Waals surface area contributed by atoms with Crippen LogP contribution in [0.3, 0.4) is 0 Å². The van der Waals surface area contributed by atoms with Gasteiger partial charge in [-0.25, -0.2) is 4.98 Å². The Bertz CT molecular complexity index is 1130. The fourth-order valence-corrected chi connectivity index (χ4v) is 3.99. The second-order valence-corrected chi connectivity index (χ2v) is 7.49. The molecule has 2 heterocycles. The van der Waals surface area contributed by atoms with E-state index in [1.54, 1.807) is 68.0 Å². The molecule has 0 spiro atoms. The molecule has 0 saturated carbocycles. The number of ether oxygens (including phenoxy) is 2. The maximum atomic E-state index is 13.4. The monoisotopic (exact) mass is 431 g/mol. The molecule has 0 aliphatic carbocycles. The van der Waals surface area contributed by atoms with E-state index in [2.05, 4.69) is 4.98 Å². The van der Waals surface area contributed by atoms with Gasteiger partial charge in [-0.1, -0.05) is 12.1 Å². The molecule has 1 saturated heterocycles.